The van der Waals surface area contributed by atoms with Gasteiger partial charge in [-0.15, -0.1) is 0 Å². The molecule has 0 bridgehead atoms. The van der Waals surface area contributed by atoms with E-state index in [1.807, 2.05) is 31.2 Å². The Morgan fingerprint density at radius 2 is 2.13 bits per heavy atom. The maximum Gasteiger partial charge on any atom is 0.130 e. The fourth-order valence-corrected chi connectivity index (χ4v) is 2.20. The first-order chi connectivity index (χ1) is 7.21. The minimum absolute atomic E-state index is 0.563. The molecule has 0 aromatic heterocycles. The van der Waals surface area contributed by atoms with Crippen molar-refractivity contribution in [2.75, 3.05) is 6.61 Å². The summed E-state index contributed by atoms with van der Waals surface area (Å²) in [6.45, 7) is 2.62. The highest BCUT2D eigenvalue weighted by atomic mass is 16.5. The summed E-state index contributed by atoms with van der Waals surface area (Å²) >= 11 is 0. The Kier molecular flexibility index (Phi) is 1.71. The van der Waals surface area contributed by atoms with Gasteiger partial charge in [0, 0.05) is 5.56 Å². The van der Waals surface area contributed by atoms with E-state index in [2.05, 4.69) is 0 Å². The Balaban J connectivity index is 2.14. The van der Waals surface area contributed by atoms with Crippen molar-refractivity contribution in [2.45, 2.75) is 25.4 Å². The monoisotopic (exact) mass is 202 g/mol. The normalized spacial score (nSPS) is 21.3. The van der Waals surface area contributed by atoms with Gasteiger partial charge in [0.25, 0.3) is 0 Å². The standard InChI is InChI=1S/C13H14O2/c1-9-3-2-4-10-11(13(14)6-7-13)5-8-15-12(9)10/h2-5,14H,6-8H2,1H3. The molecule has 0 radical (unpaired) electrons. The van der Waals surface area contributed by atoms with Crippen LogP contribution in [-0.2, 0) is 0 Å². The van der Waals surface area contributed by atoms with Crippen LogP contribution in [0.5, 0.6) is 5.75 Å². The molecule has 0 saturated heterocycles. The molecule has 1 aliphatic heterocycles. The zero-order valence-corrected chi connectivity index (χ0v) is 8.79. The van der Waals surface area contributed by atoms with E-state index < -0.39 is 5.60 Å². The summed E-state index contributed by atoms with van der Waals surface area (Å²) in [7, 11) is 0. The molecule has 2 nitrogen and oxygen atoms in total. The second-order valence-electron chi connectivity index (χ2n) is 4.41. The largest absolute Gasteiger partial charge is 0.489 e. The molecule has 0 unspecified atom stereocenters. The molecule has 1 fully saturated rings. The molecule has 1 N–H and O–H groups in total. The van der Waals surface area contributed by atoms with E-state index in [9.17, 15) is 5.11 Å². The van der Waals surface area contributed by atoms with Gasteiger partial charge in [-0.1, -0.05) is 18.2 Å². The predicted octanol–water partition coefficient (Wildman–Crippen LogP) is 2.30. The van der Waals surface area contributed by atoms with Crippen molar-refractivity contribution >= 4 is 5.57 Å². The van der Waals surface area contributed by atoms with E-state index in [4.69, 9.17) is 4.74 Å². The highest BCUT2D eigenvalue weighted by molar-refractivity contribution is 5.80. The highest BCUT2D eigenvalue weighted by Crippen LogP contribution is 2.50. The number of aryl methyl sites for hydroxylation is 1. The number of para-hydroxylation sites is 1. The van der Waals surface area contributed by atoms with Crippen molar-refractivity contribution in [3.8, 4) is 5.75 Å². The van der Waals surface area contributed by atoms with Gasteiger partial charge in [0.15, 0.2) is 0 Å². The predicted molar refractivity (Wildman–Crippen MR) is 58.8 cm³/mol. The molecular formula is C13H14O2. The Hall–Kier alpha value is -1.28. The Bertz CT molecular complexity index is 442. The molecule has 0 atom stereocenters. The second kappa shape index (κ2) is 2.86. The molecule has 0 spiro atoms. The first kappa shape index (κ1) is 8.98. The third-order valence-electron chi connectivity index (χ3n) is 3.24. The Morgan fingerprint density at radius 3 is 2.87 bits per heavy atom. The van der Waals surface area contributed by atoms with Crippen LogP contribution in [0.15, 0.2) is 24.3 Å². The summed E-state index contributed by atoms with van der Waals surface area (Å²) in [6, 6.07) is 6.09. The summed E-state index contributed by atoms with van der Waals surface area (Å²) < 4.78 is 5.62. The van der Waals surface area contributed by atoms with Crippen LogP contribution in [0.25, 0.3) is 5.57 Å². The molecule has 1 aromatic carbocycles. The molecule has 1 heterocycles. The molecule has 2 aliphatic rings. The van der Waals surface area contributed by atoms with E-state index in [1.54, 1.807) is 0 Å². The van der Waals surface area contributed by atoms with Gasteiger partial charge < -0.3 is 9.84 Å². The summed E-state index contributed by atoms with van der Waals surface area (Å²) in [6.07, 6.45) is 3.77. The number of hydrogen-bond acceptors (Lipinski definition) is 2. The Labute approximate surface area is 89.2 Å². The smallest absolute Gasteiger partial charge is 0.130 e. The zero-order chi connectivity index (χ0) is 10.5. The summed E-state index contributed by atoms with van der Waals surface area (Å²) in [5, 5.41) is 10.2. The average molecular weight is 202 g/mol. The van der Waals surface area contributed by atoms with Gasteiger partial charge in [0.1, 0.15) is 12.4 Å². The zero-order valence-electron chi connectivity index (χ0n) is 8.79. The first-order valence-electron chi connectivity index (χ1n) is 5.36. The lowest BCUT2D eigenvalue weighted by Crippen LogP contribution is -2.16. The molecule has 2 heteroatoms. The average Bonchev–Trinajstić information content (AvgIpc) is 2.98. The number of aliphatic hydroxyl groups is 1. The summed E-state index contributed by atoms with van der Waals surface area (Å²) in [4.78, 5) is 0. The maximum atomic E-state index is 10.2. The van der Waals surface area contributed by atoms with Crippen LogP contribution in [-0.4, -0.2) is 17.3 Å². The van der Waals surface area contributed by atoms with Gasteiger partial charge in [0.2, 0.25) is 0 Å². The lowest BCUT2D eigenvalue weighted by Gasteiger charge is -2.23. The van der Waals surface area contributed by atoms with Crippen molar-refractivity contribution in [2.24, 2.45) is 0 Å². The number of ether oxygens (including phenoxy) is 1. The number of fused-ring (bicyclic) bond motifs is 1. The minimum Gasteiger partial charge on any atom is -0.489 e. The van der Waals surface area contributed by atoms with Crippen LogP contribution >= 0.6 is 0 Å². The number of hydrogen-bond donors (Lipinski definition) is 1. The van der Waals surface area contributed by atoms with Gasteiger partial charge in [-0.05, 0) is 37.0 Å². The molecular weight excluding hydrogens is 188 g/mol. The van der Waals surface area contributed by atoms with Crippen LogP contribution in [0.1, 0.15) is 24.0 Å². The van der Waals surface area contributed by atoms with Crippen molar-refractivity contribution in [3.63, 3.8) is 0 Å². The van der Waals surface area contributed by atoms with Gasteiger partial charge in [-0.25, -0.2) is 0 Å². The lowest BCUT2D eigenvalue weighted by molar-refractivity contribution is 0.209. The third kappa shape index (κ3) is 1.29. The molecule has 1 saturated carbocycles. The van der Waals surface area contributed by atoms with Crippen molar-refractivity contribution in [1.29, 1.82) is 0 Å². The molecule has 78 valence electrons. The lowest BCUT2D eigenvalue weighted by atomic mass is 9.94. The van der Waals surface area contributed by atoms with E-state index in [-0.39, 0.29) is 0 Å². The summed E-state index contributed by atoms with van der Waals surface area (Å²) in [5.41, 5.74) is 2.71. The summed E-state index contributed by atoms with van der Waals surface area (Å²) in [5.74, 6) is 0.940. The van der Waals surface area contributed by atoms with Crippen LogP contribution in [0, 0.1) is 6.92 Å². The van der Waals surface area contributed by atoms with Crippen LogP contribution in [0.3, 0.4) is 0 Å². The third-order valence-corrected chi connectivity index (χ3v) is 3.24. The maximum absolute atomic E-state index is 10.2. The molecule has 15 heavy (non-hydrogen) atoms. The van der Waals surface area contributed by atoms with E-state index in [0.29, 0.717) is 6.61 Å². The van der Waals surface area contributed by atoms with Gasteiger partial charge >= 0.3 is 0 Å². The van der Waals surface area contributed by atoms with Crippen LogP contribution in [0.4, 0.5) is 0 Å². The van der Waals surface area contributed by atoms with Gasteiger partial charge in [-0.3, -0.25) is 0 Å². The first-order valence-corrected chi connectivity index (χ1v) is 5.36. The number of benzene rings is 1. The van der Waals surface area contributed by atoms with Crippen molar-refractivity contribution < 1.29 is 9.84 Å². The molecule has 1 aliphatic carbocycles. The van der Waals surface area contributed by atoms with Crippen LogP contribution < -0.4 is 4.74 Å². The van der Waals surface area contributed by atoms with E-state index >= 15 is 0 Å². The Morgan fingerprint density at radius 1 is 1.33 bits per heavy atom. The van der Waals surface area contributed by atoms with Crippen LogP contribution in [0.2, 0.25) is 0 Å². The molecule has 1 aromatic rings. The quantitative estimate of drug-likeness (QED) is 0.757. The second-order valence-corrected chi connectivity index (χ2v) is 4.41. The molecule has 0 amide bonds. The minimum atomic E-state index is -0.563. The molecule has 3 rings (SSSR count). The van der Waals surface area contributed by atoms with E-state index in [0.717, 1.165) is 35.3 Å². The van der Waals surface area contributed by atoms with E-state index in [1.165, 1.54) is 0 Å². The van der Waals surface area contributed by atoms with Crippen molar-refractivity contribution in [1.82, 2.24) is 0 Å². The fraction of sp³-hybridized carbons (Fsp3) is 0.385. The van der Waals surface area contributed by atoms with Gasteiger partial charge in [-0.2, -0.15) is 0 Å². The fourth-order valence-electron chi connectivity index (χ4n) is 2.20. The highest BCUT2D eigenvalue weighted by Gasteiger charge is 2.45. The number of rotatable bonds is 1. The SMILES string of the molecule is Cc1cccc2c1OCC=C2C1(O)CC1. The van der Waals surface area contributed by atoms with Gasteiger partial charge in [0.05, 0.1) is 5.60 Å². The topological polar surface area (TPSA) is 29.5 Å². The van der Waals surface area contributed by atoms with Crippen molar-refractivity contribution in [3.05, 3.63) is 35.4 Å².